The van der Waals surface area contributed by atoms with Crippen molar-refractivity contribution >= 4 is 33.6 Å². The number of nitrogens with zero attached hydrogens (tertiary/aromatic N) is 3. The van der Waals surface area contributed by atoms with Crippen LogP contribution in [0.2, 0.25) is 0 Å². The number of H-pyrrole nitrogens is 1. The van der Waals surface area contributed by atoms with Crippen molar-refractivity contribution in [2.24, 2.45) is 0 Å². The molecule has 3 rings (SSSR count). The topological polar surface area (TPSA) is 61.9 Å². The van der Waals surface area contributed by atoms with Gasteiger partial charge in [0.2, 0.25) is 11.1 Å². The molecule has 0 aliphatic carbocycles. The first-order valence-electron chi connectivity index (χ1n) is 8.63. The molecule has 1 aromatic heterocycles. The van der Waals surface area contributed by atoms with E-state index in [4.69, 9.17) is 0 Å². The van der Waals surface area contributed by atoms with Crippen LogP contribution >= 0.6 is 27.7 Å². The van der Waals surface area contributed by atoms with Gasteiger partial charge in [-0.25, -0.2) is 4.98 Å². The van der Waals surface area contributed by atoms with Gasteiger partial charge in [0.15, 0.2) is 5.82 Å². The van der Waals surface area contributed by atoms with Crippen molar-refractivity contribution < 1.29 is 4.79 Å². The van der Waals surface area contributed by atoms with Gasteiger partial charge in [0, 0.05) is 22.1 Å². The van der Waals surface area contributed by atoms with Crippen molar-refractivity contribution in [2.75, 3.05) is 0 Å². The minimum atomic E-state index is -0.203. The molecule has 1 aliphatic rings. The second-order valence-electron chi connectivity index (χ2n) is 6.58. The summed E-state index contributed by atoms with van der Waals surface area (Å²) in [7, 11) is 0. The van der Waals surface area contributed by atoms with Crippen LogP contribution in [0.15, 0.2) is 33.9 Å². The number of aromatic amines is 1. The predicted molar refractivity (Wildman–Crippen MR) is 104 cm³/mol. The van der Waals surface area contributed by atoms with Crippen molar-refractivity contribution in [2.45, 2.75) is 62.5 Å². The van der Waals surface area contributed by atoms with E-state index in [1.807, 2.05) is 36.1 Å². The number of piperidine rings is 1. The lowest BCUT2D eigenvalue weighted by Gasteiger charge is -2.40. The van der Waals surface area contributed by atoms with Crippen molar-refractivity contribution in [1.82, 2.24) is 20.1 Å². The van der Waals surface area contributed by atoms with Gasteiger partial charge >= 0.3 is 0 Å². The van der Waals surface area contributed by atoms with Gasteiger partial charge in [0.25, 0.3) is 0 Å². The molecule has 2 heterocycles. The Hall–Kier alpha value is -1.34. The molecule has 1 aromatic carbocycles. The smallest absolute Gasteiger partial charge is 0.236 e. The summed E-state index contributed by atoms with van der Waals surface area (Å²) in [4.78, 5) is 19.5. The van der Waals surface area contributed by atoms with Crippen LogP contribution in [0.3, 0.4) is 0 Å². The van der Waals surface area contributed by atoms with Gasteiger partial charge in [0.05, 0.1) is 5.25 Å². The molecule has 1 saturated heterocycles. The maximum atomic E-state index is 12.9. The molecule has 0 unspecified atom stereocenters. The Morgan fingerprint density at radius 2 is 2.00 bits per heavy atom. The molecule has 7 heteroatoms. The Morgan fingerprint density at radius 1 is 1.32 bits per heavy atom. The molecule has 1 N–H and O–H groups in total. The molecule has 1 fully saturated rings. The first-order chi connectivity index (χ1) is 12.0. The number of hydrogen-bond acceptors (Lipinski definition) is 4. The Labute approximate surface area is 161 Å². The standard InChI is InChI=1S/C18H23BrN4OS/c1-11-7-6-8-12(2)23(11)17(24)13(3)25-18-20-16(21-22-18)14-9-4-5-10-15(14)19/h4-5,9-13H,6-8H2,1-3H3,(H,20,21,22)/t11-,12-,13-/m0/s1. The van der Waals surface area contributed by atoms with Crippen LogP contribution in [0.1, 0.15) is 40.0 Å². The normalized spacial score (nSPS) is 22.0. The fourth-order valence-corrected chi connectivity index (χ4v) is 4.60. The number of likely N-dealkylation sites (tertiary alicyclic amines) is 1. The van der Waals surface area contributed by atoms with E-state index in [1.165, 1.54) is 18.2 Å². The van der Waals surface area contributed by atoms with Crippen molar-refractivity contribution in [3.63, 3.8) is 0 Å². The van der Waals surface area contributed by atoms with Gasteiger partial charge in [-0.2, -0.15) is 0 Å². The average molecular weight is 423 g/mol. The summed E-state index contributed by atoms with van der Waals surface area (Å²) in [5.74, 6) is 0.881. The molecular weight excluding hydrogens is 400 g/mol. The van der Waals surface area contributed by atoms with Gasteiger partial charge in [-0.15, -0.1) is 5.10 Å². The molecule has 0 bridgehead atoms. The summed E-state index contributed by atoms with van der Waals surface area (Å²) < 4.78 is 0.961. The van der Waals surface area contributed by atoms with E-state index in [0.29, 0.717) is 23.1 Å². The van der Waals surface area contributed by atoms with Crippen LogP contribution < -0.4 is 0 Å². The van der Waals surface area contributed by atoms with E-state index in [2.05, 4.69) is 45.0 Å². The first kappa shape index (κ1) is 18.5. The lowest BCUT2D eigenvalue weighted by molar-refractivity contribution is -0.136. The fraction of sp³-hybridized carbons (Fsp3) is 0.500. The fourth-order valence-electron chi connectivity index (χ4n) is 3.35. The summed E-state index contributed by atoms with van der Waals surface area (Å²) in [6, 6.07) is 8.48. The van der Waals surface area contributed by atoms with Crippen LogP contribution in [0.5, 0.6) is 0 Å². The zero-order valence-corrected chi connectivity index (χ0v) is 17.1. The zero-order valence-electron chi connectivity index (χ0n) is 14.7. The second kappa shape index (κ2) is 7.91. The van der Waals surface area contributed by atoms with Gasteiger partial charge in [-0.05, 0) is 46.1 Å². The summed E-state index contributed by atoms with van der Waals surface area (Å²) in [5.41, 5.74) is 0.958. The molecular formula is C18H23BrN4OS. The van der Waals surface area contributed by atoms with Crippen molar-refractivity contribution in [3.8, 4) is 11.4 Å². The number of aromatic nitrogens is 3. The summed E-state index contributed by atoms with van der Waals surface area (Å²) in [6.45, 7) is 6.22. The third kappa shape index (κ3) is 4.08. The van der Waals surface area contributed by atoms with Crippen molar-refractivity contribution in [3.05, 3.63) is 28.7 Å². The van der Waals surface area contributed by atoms with Crippen LogP contribution in [0, 0.1) is 0 Å². The highest BCUT2D eigenvalue weighted by Gasteiger charge is 2.32. The molecule has 134 valence electrons. The highest BCUT2D eigenvalue weighted by atomic mass is 79.9. The minimum absolute atomic E-state index is 0.178. The van der Waals surface area contributed by atoms with E-state index in [9.17, 15) is 4.79 Å². The number of halogens is 1. The average Bonchev–Trinajstić information content (AvgIpc) is 3.03. The Morgan fingerprint density at radius 3 is 2.68 bits per heavy atom. The van der Waals surface area contributed by atoms with Crippen LogP contribution in [-0.4, -0.2) is 43.3 Å². The van der Waals surface area contributed by atoms with Crippen LogP contribution in [-0.2, 0) is 4.79 Å². The SMILES string of the molecule is C[C@H](Sc1n[nH]c(-c2ccccc2Br)n1)C(=O)N1[C@@H](C)CCC[C@@H]1C. The second-order valence-corrected chi connectivity index (χ2v) is 8.74. The Balaban J connectivity index is 1.70. The molecule has 1 aliphatic heterocycles. The van der Waals surface area contributed by atoms with Crippen LogP contribution in [0.4, 0.5) is 0 Å². The highest BCUT2D eigenvalue weighted by molar-refractivity contribution is 9.10. The molecule has 25 heavy (non-hydrogen) atoms. The molecule has 5 nitrogen and oxygen atoms in total. The number of rotatable bonds is 4. The highest BCUT2D eigenvalue weighted by Crippen LogP contribution is 2.30. The first-order valence-corrected chi connectivity index (χ1v) is 10.3. The number of carbonyl (C=O) groups is 1. The molecule has 2 aromatic rings. The largest absolute Gasteiger partial charge is 0.336 e. The molecule has 0 spiro atoms. The van der Waals surface area contributed by atoms with E-state index in [-0.39, 0.29) is 11.2 Å². The Bertz CT molecular complexity index is 740. The van der Waals surface area contributed by atoms with E-state index >= 15 is 0 Å². The number of carbonyl (C=O) groups excluding carboxylic acids is 1. The monoisotopic (exact) mass is 422 g/mol. The van der Waals surface area contributed by atoms with E-state index in [1.54, 1.807) is 0 Å². The van der Waals surface area contributed by atoms with Crippen LogP contribution in [0.25, 0.3) is 11.4 Å². The number of benzene rings is 1. The zero-order chi connectivity index (χ0) is 18.0. The van der Waals surface area contributed by atoms with Gasteiger partial charge in [-0.3, -0.25) is 9.89 Å². The van der Waals surface area contributed by atoms with Crippen molar-refractivity contribution in [1.29, 1.82) is 0 Å². The lowest BCUT2D eigenvalue weighted by Crippen LogP contribution is -2.50. The molecule has 3 atom stereocenters. The molecule has 1 amide bonds. The molecule has 0 radical (unpaired) electrons. The third-order valence-electron chi connectivity index (χ3n) is 4.67. The number of hydrogen-bond donors (Lipinski definition) is 1. The predicted octanol–water partition coefficient (Wildman–Crippen LogP) is 4.50. The van der Waals surface area contributed by atoms with E-state index < -0.39 is 0 Å². The lowest BCUT2D eigenvalue weighted by atomic mass is 9.97. The Kier molecular flexibility index (Phi) is 5.84. The minimum Gasteiger partial charge on any atom is -0.336 e. The maximum absolute atomic E-state index is 12.9. The number of nitrogens with one attached hydrogen (secondary N) is 1. The van der Waals surface area contributed by atoms with Gasteiger partial charge in [-0.1, -0.05) is 45.9 Å². The quantitative estimate of drug-likeness (QED) is 0.736. The van der Waals surface area contributed by atoms with Gasteiger partial charge in [0.1, 0.15) is 0 Å². The number of amides is 1. The van der Waals surface area contributed by atoms with E-state index in [0.717, 1.165) is 22.9 Å². The maximum Gasteiger partial charge on any atom is 0.236 e. The summed E-state index contributed by atoms with van der Waals surface area (Å²) in [6.07, 6.45) is 3.37. The van der Waals surface area contributed by atoms with Gasteiger partial charge < -0.3 is 4.90 Å². The summed E-state index contributed by atoms with van der Waals surface area (Å²) >= 11 is 4.94. The molecule has 0 saturated carbocycles. The third-order valence-corrected chi connectivity index (χ3v) is 6.31. The number of thioether (sulfide) groups is 1. The summed E-state index contributed by atoms with van der Waals surface area (Å²) in [5, 5.41) is 7.64.